The summed E-state index contributed by atoms with van der Waals surface area (Å²) in [5.41, 5.74) is 14.0. The van der Waals surface area contributed by atoms with E-state index in [-0.39, 0.29) is 0 Å². The van der Waals surface area contributed by atoms with E-state index < -0.39 is 0 Å². The SMILES string of the molecule is c1ccc2c(c1)oc1c(-c3ccc(-c4ccc5c(c4)c4ccccc4n5-c4ccc(-c5cccc6c5oc5ccccc56)cc4)cc3)cccc12. The number of aromatic nitrogens is 1. The second-order valence-corrected chi connectivity index (χ2v) is 13.3. The fraction of sp³-hybridized carbons (Fsp3) is 0. The first-order valence-electron chi connectivity index (χ1n) is 17.3. The molecule has 11 rings (SSSR count). The highest BCUT2D eigenvalue weighted by Crippen LogP contribution is 2.40. The average molecular weight is 652 g/mol. The van der Waals surface area contributed by atoms with Crippen molar-refractivity contribution in [2.24, 2.45) is 0 Å². The van der Waals surface area contributed by atoms with Gasteiger partial charge in [0.2, 0.25) is 0 Å². The molecule has 3 heterocycles. The van der Waals surface area contributed by atoms with E-state index in [0.717, 1.165) is 71.8 Å². The van der Waals surface area contributed by atoms with E-state index >= 15 is 0 Å². The standard InChI is InChI=1S/C48H29NO2/c1-4-16-43-37(9-1)42-29-33(30-19-21-31(22-20-30)35-12-7-14-40-38-10-2-5-17-45(38)50-47(35)40)25-28-44(42)49(43)34-26-23-32(24-27-34)36-13-8-15-41-39-11-3-6-18-46(39)51-48(36)41/h1-29H. The molecule has 3 nitrogen and oxygen atoms in total. The van der Waals surface area contributed by atoms with E-state index in [1.54, 1.807) is 0 Å². The Labute approximate surface area is 293 Å². The third-order valence-electron chi connectivity index (χ3n) is 10.4. The van der Waals surface area contributed by atoms with Crippen LogP contribution in [0.4, 0.5) is 0 Å². The van der Waals surface area contributed by atoms with Crippen LogP contribution in [0.1, 0.15) is 0 Å². The van der Waals surface area contributed by atoms with Crippen LogP contribution in [0.15, 0.2) is 185 Å². The molecule has 0 unspecified atom stereocenters. The Balaban J connectivity index is 0.976. The maximum atomic E-state index is 6.35. The summed E-state index contributed by atoms with van der Waals surface area (Å²) in [6, 6.07) is 62.5. The number of furan rings is 2. The molecule has 11 aromatic rings. The summed E-state index contributed by atoms with van der Waals surface area (Å²) in [7, 11) is 0. The maximum absolute atomic E-state index is 6.35. The van der Waals surface area contributed by atoms with E-state index in [4.69, 9.17) is 8.83 Å². The number of para-hydroxylation sites is 5. The molecule has 0 fully saturated rings. The van der Waals surface area contributed by atoms with Gasteiger partial charge < -0.3 is 13.4 Å². The van der Waals surface area contributed by atoms with E-state index in [9.17, 15) is 0 Å². The summed E-state index contributed by atoms with van der Waals surface area (Å²) >= 11 is 0. The maximum Gasteiger partial charge on any atom is 0.143 e. The van der Waals surface area contributed by atoms with Crippen molar-refractivity contribution in [3.8, 4) is 39.1 Å². The van der Waals surface area contributed by atoms with Gasteiger partial charge in [-0.1, -0.05) is 133 Å². The van der Waals surface area contributed by atoms with Gasteiger partial charge in [-0.05, 0) is 64.7 Å². The fourth-order valence-corrected chi connectivity index (χ4v) is 8.01. The Morgan fingerprint density at radius 3 is 1.41 bits per heavy atom. The van der Waals surface area contributed by atoms with Gasteiger partial charge in [-0.15, -0.1) is 0 Å². The molecule has 0 radical (unpaired) electrons. The molecule has 0 aliphatic rings. The molecule has 8 aromatic carbocycles. The highest BCUT2D eigenvalue weighted by molar-refractivity contribution is 6.12. The first kappa shape index (κ1) is 28.0. The molecule has 51 heavy (non-hydrogen) atoms. The molecule has 0 aliphatic carbocycles. The molecule has 0 aliphatic heterocycles. The number of fused-ring (bicyclic) bond motifs is 9. The van der Waals surface area contributed by atoms with Crippen LogP contribution in [0.2, 0.25) is 0 Å². The topological polar surface area (TPSA) is 31.2 Å². The Morgan fingerprint density at radius 1 is 0.314 bits per heavy atom. The van der Waals surface area contributed by atoms with Gasteiger partial charge in [0, 0.05) is 49.1 Å². The van der Waals surface area contributed by atoms with Gasteiger partial charge in [0.25, 0.3) is 0 Å². The molecular weight excluding hydrogens is 623 g/mol. The number of nitrogens with zero attached hydrogens (tertiary/aromatic N) is 1. The van der Waals surface area contributed by atoms with E-state index in [1.165, 1.54) is 32.9 Å². The van der Waals surface area contributed by atoms with Crippen LogP contribution in [0.5, 0.6) is 0 Å². The minimum atomic E-state index is 0.914. The zero-order valence-electron chi connectivity index (χ0n) is 27.5. The van der Waals surface area contributed by atoms with Gasteiger partial charge in [-0.2, -0.15) is 0 Å². The van der Waals surface area contributed by atoms with Gasteiger partial charge in [0.1, 0.15) is 22.3 Å². The molecule has 3 aromatic heterocycles. The molecule has 238 valence electrons. The van der Waals surface area contributed by atoms with Crippen molar-refractivity contribution in [3.05, 3.63) is 176 Å². The van der Waals surface area contributed by atoms with Crippen molar-refractivity contribution in [1.82, 2.24) is 4.57 Å². The second kappa shape index (κ2) is 10.8. The van der Waals surface area contributed by atoms with Crippen molar-refractivity contribution in [2.75, 3.05) is 0 Å². The fourth-order valence-electron chi connectivity index (χ4n) is 8.01. The third-order valence-corrected chi connectivity index (χ3v) is 10.4. The van der Waals surface area contributed by atoms with Crippen molar-refractivity contribution in [1.29, 1.82) is 0 Å². The van der Waals surface area contributed by atoms with Crippen LogP contribution in [0, 0.1) is 0 Å². The van der Waals surface area contributed by atoms with Crippen molar-refractivity contribution < 1.29 is 8.83 Å². The first-order chi connectivity index (χ1) is 25.3. The zero-order valence-corrected chi connectivity index (χ0v) is 27.5. The lowest BCUT2D eigenvalue weighted by atomic mass is 9.98. The first-order valence-corrected chi connectivity index (χ1v) is 17.3. The van der Waals surface area contributed by atoms with E-state index in [1.807, 2.05) is 24.3 Å². The number of hydrogen-bond acceptors (Lipinski definition) is 2. The molecule has 0 N–H and O–H groups in total. The van der Waals surface area contributed by atoms with Gasteiger partial charge in [-0.25, -0.2) is 0 Å². The summed E-state index contributed by atoms with van der Waals surface area (Å²) < 4.78 is 15.1. The molecule has 0 saturated carbocycles. The predicted molar refractivity (Wildman–Crippen MR) is 212 cm³/mol. The lowest BCUT2D eigenvalue weighted by Gasteiger charge is -2.10. The summed E-state index contributed by atoms with van der Waals surface area (Å²) in [5, 5.41) is 7.05. The van der Waals surface area contributed by atoms with Crippen LogP contribution >= 0.6 is 0 Å². The van der Waals surface area contributed by atoms with Gasteiger partial charge in [-0.3, -0.25) is 0 Å². The highest BCUT2D eigenvalue weighted by atomic mass is 16.3. The number of rotatable bonds is 4. The zero-order chi connectivity index (χ0) is 33.5. The van der Waals surface area contributed by atoms with E-state index in [0.29, 0.717) is 0 Å². The Kier molecular flexibility index (Phi) is 5.96. The monoisotopic (exact) mass is 651 g/mol. The van der Waals surface area contributed by atoms with Crippen LogP contribution in [0.25, 0.3) is 105 Å². The molecule has 0 spiro atoms. The second-order valence-electron chi connectivity index (χ2n) is 13.3. The van der Waals surface area contributed by atoms with Crippen LogP contribution in [-0.2, 0) is 0 Å². The van der Waals surface area contributed by atoms with Gasteiger partial charge >= 0.3 is 0 Å². The summed E-state index contributed by atoms with van der Waals surface area (Å²) in [6.07, 6.45) is 0. The Morgan fingerprint density at radius 2 is 0.784 bits per heavy atom. The molecule has 0 atom stereocenters. The van der Waals surface area contributed by atoms with Gasteiger partial charge in [0.05, 0.1) is 11.0 Å². The largest absolute Gasteiger partial charge is 0.455 e. The highest BCUT2D eigenvalue weighted by Gasteiger charge is 2.16. The summed E-state index contributed by atoms with van der Waals surface area (Å²) in [6.45, 7) is 0. The molecule has 3 heteroatoms. The van der Waals surface area contributed by atoms with Gasteiger partial charge in [0.15, 0.2) is 0 Å². The lowest BCUT2D eigenvalue weighted by Crippen LogP contribution is -1.93. The Hall–Kier alpha value is -6.84. The van der Waals surface area contributed by atoms with Crippen molar-refractivity contribution >= 4 is 65.7 Å². The molecule has 0 amide bonds. The smallest absolute Gasteiger partial charge is 0.143 e. The molecule has 0 saturated heterocycles. The quantitative estimate of drug-likeness (QED) is 0.190. The van der Waals surface area contributed by atoms with Crippen LogP contribution in [0.3, 0.4) is 0 Å². The lowest BCUT2D eigenvalue weighted by molar-refractivity contribution is 0.669. The summed E-state index contributed by atoms with van der Waals surface area (Å²) in [5.74, 6) is 0. The average Bonchev–Trinajstić information content (AvgIpc) is 3.88. The van der Waals surface area contributed by atoms with Crippen molar-refractivity contribution in [3.63, 3.8) is 0 Å². The van der Waals surface area contributed by atoms with Crippen LogP contribution < -0.4 is 0 Å². The Bertz CT molecular complexity index is 3120. The normalized spacial score (nSPS) is 11.9. The van der Waals surface area contributed by atoms with E-state index in [2.05, 4.69) is 156 Å². The summed E-state index contributed by atoms with van der Waals surface area (Å²) in [4.78, 5) is 0. The molecule has 0 bridgehead atoms. The number of hydrogen-bond donors (Lipinski definition) is 0. The minimum Gasteiger partial charge on any atom is -0.455 e. The third kappa shape index (κ3) is 4.25. The molecular formula is C48H29NO2. The predicted octanol–water partition coefficient (Wildman–Crippen LogP) is 13.6. The van der Waals surface area contributed by atoms with Crippen molar-refractivity contribution in [2.45, 2.75) is 0 Å². The van der Waals surface area contributed by atoms with Crippen LogP contribution in [-0.4, -0.2) is 4.57 Å². The minimum absolute atomic E-state index is 0.914. The number of benzene rings is 8.